The van der Waals surface area contributed by atoms with Crippen molar-refractivity contribution in [2.24, 2.45) is 0 Å². The van der Waals surface area contributed by atoms with E-state index in [-0.39, 0.29) is 5.97 Å². The molecule has 0 atom stereocenters. The van der Waals surface area contributed by atoms with Gasteiger partial charge in [-0.05, 0) is 29.3 Å². The second-order valence-corrected chi connectivity index (χ2v) is 3.73. The number of nitrogens with zero attached hydrogens (tertiary/aromatic N) is 1. The van der Waals surface area contributed by atoms with Gasteiger partial charge in [-0.25, -0.2) is 0 Å². The molecule has 2 aromatic rings. The zero-order chi connectivity index (χ0) is 12.1. The van der Waals surface area contributed by atoms with E-state index in [0.29, 0.717) is 5.75 Å². The molecule has 0 aliphatic carbocycles. The van der Waals surface area contributed by atoms with Gasteiger partial charge < -0.3 is 4.74 Å². The number of hydrogen-bond acceptors (Lipinski definition) is 3. The van der Waals surface area contributed by atoms with Gasteiger partial charge in [0.15, 0.2) is 0 Å². The molecule has 0 aliphatic heterocycles. The van der Waals surface area contributed by atoms with E-state index in [0.717, 1.165) is 17.5 Å². The highest BCUT2D eigenvalue weighted by atomic mass is 16.5. The van der Waals surface area contributed by atoms with E-state index in [1.54, 1.807) is 18.5 Å². The molecule has 0 unspecified atom stereocenters. The Hall–Kier alpha value is -2.16. The maximum Gasteiger partial charge on any atom is 0.308 e. The lowest BCUT2D eigenvalue weighted by Gasteiger charge is -2.08. The fraction of sp³-hybridized carbons (Fsp3) is 0.143. The zero-order valence-corrected chi connectivity index (χ0v) is 9.59. The number of aromatic nitrogens is 1. The summed E-state index contributed by atoms with van der Waals surface area (Å²) in [5, 5.41) is 0. The lowest BCUT2D eigenvalue weighted by atomic mass is 10.1. The first kappa shape index (κ1) is 11.3. The van der Waals surface area contributed by atoms with Crippen molar-refractivity contribution in [2.45, 2.75) is 13.3 Å². The lowest BCUT2D eigenvalue weighted by molar-refractivity contribution is -0.131. The molecular weight excluding hydrogens is 214 g/mol. The van der Waals surface area contributed by atoms with E-state index in [1.165, 1.54) is 6.92 Å². The number of pyridine rings is 1. The largest absolute Gasteiger partial charge is 0.426 e. The van der Waals surface area contributed by atoms with Crippen molar-refractivity contribution < 1.29 is 9.53 Å². The standard InChI is InChI=1S/C14H13NO2/c1-11(16)17-14-5-3-2-4-13(14)10-12-6-8-15-9-7-12/h2-9H,10H2,1H3. The van der Waals surface area contributed by atoms with Crippen molar-refractivity contribution in [2.75, 3.05) is 0 Å². The molecule has 1 aromatic heterocycles. The van der Waals surface area contributed by atoms with E-state index >= 15 is 0 Å². The van der Waals surface area contributed by atoms with E-state index in [1.807, 2.05) is 30.3 Å². The average molecular weight is 227 g/mol. The highest BCUT2D eigenvalue weighted by Gasteiger charge is 2.05. The summed E-state index contributed by atoms with van der Waals surface area (Å²) in [5.74, 6) is 0.323. The summed E-state index contributed by atoms with van der Waals surface area (Å²) in [7, 11) is 0. The molecular formula is C14H13NO2. The predicted octanol–water partition coefficient (Wildman–Crippen LogP) is 2.60. The van der Waals surface area contributed by atoms with Gasteiger partial charge in [-0.2, -0.15) is 0 Å². The van der Waals surface area contributed by atoms with Gasteiger partial charge in [0, 0.05) is 25.7 Å². The Balaban J connectivity index is 2.23. The monoisotopic (exact) mass is 227 g/mol. The number of benzene rings is 1. The molecule has 2 rings (SSSR count). The van der Waals surface area contributed by atoms with Gasteiger partial charge >= 0.3 is 5.97 Å². The third-order valence-corrected chi connectivity index (χ3v) is 2.37. The van der Waals surface area contributed by atoms with Crippen LogP contribution in [0.4, 0.5) is 0 Å². The minimum atomic E-state index is -0.299. The van der Waals surface area contributed by atoms with Gasteiger partial charge in [-0.15, -0.1) is 0 Å². The first-order valence-electron chi connectivity index (χ1n) is 5.41. The molecule has 0 aliphatic rings. The third-order valence-electron chi connectivity index (χ3n) is 2.37. The minimum absolute atomic E-state index is 0.299. The Bertz CT molecular complexity index is 509. The van der Waals surface area contributed by atoms with Crippen LogP contribution >= 0.6 is 0 Å². The molecule has 1 heterocycles. The summed E-state index contributed by atoms with van der Waals surface area (Å²) >= 11 is 0. The molecule has 0 saturated carbocycles. The lowest BCUT2D eigenvalue weighted by Crippen LogP contribution is -2.04. The van der Waals surface area contributed by atoms with E-state index in [9.17, 15) is 4.79 Å². The smallest absolute Gasteiger partial charge is 0.308 e. The number of hydrogen-bond donors (Lipinski definition) is 0. The van der Waals surface area contributed by atoms with Crippen molar-refractivity contribution in [1.82, 2.24) is 4.98 Å². The molecule has 0 bridgehead atoms. The Kier molecular flexibility index (Phi) is 3.50. The predicted molar refractivity (Wildman–Crippen MR) is 64.8 cm³/mol. The summed E-state index contributed by atoms with van der Waals surface area (Å²) in [6.07, 6.45) is 4.24. The molecule has 0 fully saturated rings. The van der Waals surface area contributed by atoms with Crippen LogP contribution in [0.3, 0.4) is 0 Å². The Morgan fingerprint density at radius 2 is 1.88 bits per heavy atom. The van der Waals surface area contributed by atoms with E-state index < -0.39 is 0 Å². The van der Waals surface area contributed by atoms with Gasteiger partial charge in [0.25, 0.3) is 0 Å². The van der Waals surface area contributed by atoms with E-state index in [2.05, 4.69) is 4.98 Å². The fourth-order valence-corrected chi connectivity index (χ4v) is 1.62. The van der Waals surface area contributed by atoms with Gasteiger partial charge in [-0.1, -0.05) is 18.2 Å². The fourth-order valence-electron chi connectivity index (χ4n) is 1.62. The van der Waals surface area contributed by atoms with Gasteiger partial charge in [-0.3, -0.25) is 9.78 Å². The molecule has 0 N–H and O–H groups in total. The SMILES string of the molecule is CC(=O)Oc1ccccc1Cc1ccncc1. The van der Waals surface area contributed by atoms with Crippen LogP contribution in [0.2, 0.25) is 0 Å². The van der Waals surface area contributed by atoms with Crippen molar-refractivity contribution in [3.05, 3.63) is 59.9 Å². The summed E-state index contributed by atoms with van der Waals surface area (Å²) in [6, 6.07) is 11.4. The Morgan fingerprint density at radius 1 is 1.18 bits per heavy atom. The van der Waals surface area contributed by atoms with Crippen molar-refractivity contribution in [3.8, 4) is 5.75 Å². The summed E-state index contributed by atoms with van der Waals surface area (Å²) in [5.41, 5.74) is 2.13. The quantitative estimate of drug-likeness (QED) is 0.597. The molecule has 17 heavy (non-hydrogen) atoms. The molecule has 3 heteroatoms. The zero-order valence-electron chi connectivity index (χ0n) is 9.59. The molecule has 0 amide bonds. The molecule has 3 nitrogen and oxygen atoms in total. The first-order valence-corrected chi connectivity index (χ1v) is 5.41. The number of carbonyl (C=O) groups excluding carboxylic acids is 1. The van der Waals surface area contributed by atoms with Crippen LogP contribution in [-0.2, 0) is 11.2 Å². The first-order chi connectivity index (χ1) is 8.25. The van der Waals surface area contributed by atoms with E-state index in [4.69, 9.17) is 4.74 Å². The molecule has 0 saturated heterocycles. The summed E-state index contributed by atoms with van der Waals surface area (Å²) < 4.78 is 5.16. The van der Waals surface area contributed by atoms with Crippen LogP contribution in [-0.4, -0.2) is 11.0 Å². The van der Waals surface area contributed by atoms with Crippen molar-refractivity contribution >= 4 is 5.97 Å². The van der Waals surface area contributed by atoms with Crippen molar-refractivity contribution in [1.29, 1.82) is 0 Å². The molecule has 0 spiro atoms. The number of ether oxygens (including phenoxy) is 1. The second-order valence-electron chi connectivity index (χ2n) is 3.73. The van der Waals surface area contributed by atoms with Crippen LogP contribution in [0.25, 0.3) is 0 Å². The normalized spacial score (nSPS) is 9.94. The Morgan fingerprint density at radius 3 is 2.59 bits per heavy atom. The summed E-state index contributed by atoms with van der Waals surface area (Å²) in [6.45, 7) is 1.41. The number of carbonyl (C=O) groups is 1. The topological polar surface area (TPSA) is 39.2 Å². The third kappa shape index (κ3) is 3.14. The summed E-state index contributed by atoms with van der Waals surface area (Å²) in [4.78, 5) is 15.0. The second kappa shape index (κ2) is 5.25. The van der Waals surface area contributed by atoms with Crippen LogP contribution in [0.15, 0.2) is 48.8 Å². The highest BCUT2D eigenvalue weighted by Crippen LogP contribution is 2.21. The van der Waals surface area contributed by atoms with Crippen LogP contribution in [0, 0.1) is 0 Å². The Labute approximate surface area is 100 Å². The van der Waals surface area contributed by atoms with Crippen LogP contribution in [0.1, 0.15) is 18.1 Å². The van der Waals surface area contributed by atoms with Gasteiger partial charge in [0.1, 0.15) is 5.75 Å². The highest BCUT2D eigenvalue weighted by molar-refractivity contribution is 5.69. The van der Waals surface area contributed by atoms with Gasteiger partial charge in [0.2, 0.25) is 0 Å². The van der Waals surface area contributed by atoms with Crippen molar-refractivity contribution in [3.63, 3.8) is 0 Å². The van der Waals surface area contributed by atoms with Gasteiger partial charge in [0.05, 0.1) is 0 Å². The number of para-hydroxylation sites is 1. The maximum absolute atomic E-state index is 11.0. The number of rotatable bonds is 3. The van der Waals surface area contributed by atoms with Crippen LogP contribution in [0.5, 0.6) is 5.75 Å². The maximum atomic E-state index is 11.0. The molecule has 86 valence electrons. The number of esters is 1. The average Bonchev–Trinajstić information content (AvgIpc) is 2.32. The minimum Gasteiger partial charge on any atom is -0.426 e. The van der Waals surface area contributed by atoms with Crippen LogP contribution < -0.4 is 4.74 Å². The molecule has 1 aromatic carbocycles. The molecule has 0 radical (unpaired) electrons.